The van der Waals surface area contributed by atoms with E-state index in [4.69, 9.17) is 0 Å². The lowest BCUT2D eigenvalue weighted by atomic mass is 10.5. The van der Waals surface area contributed by atoms with Crippen LogP contribution in [-0.2, 0) is 9.53 Å². The van der Waals surface area contributed by atoms with Gasteiger partial charge in [-0.1, -0.05) is 5.92 Å². The molecular formula is C6H7O2. The molecule has 43 valence electrons. The molecule has 0 aromatic carbocycles. The standard InChI is InChI=1S/C6H7O2/c1-3-4-5-6(7)8-2/h1,3H2,2H3. The Kier molecular flexibility index (Phi) is 3.69. The van der Waals surface area contributed by atoms with Crippen molar-refractivity contribution in [2.75, 3.05) is 7.11 Å². The average molecular weight is 111 g/mol. The molecule has 0 aromatic rings. The van der Waals surface area contributed by atoms with E-state index in [1.807, 2.05) is 0 Å². The van der Waals surface area contributed by atoms with E-state index in [0.29, 0.717) is 6.42 Å². The first kappa shape index (κ1) is 7.03. The minimum atomic E-state index is -0.506. The second kappa shape index (κ2) is 4.20. The van der Waals surface area contributed by atoms with Gasteiger partial charge in [0.15, 0.2) is 0 Å². The van der Waals surface area contributed by atoms with Crippen molar-refractivity contribution >= 4 is 5.97 Å². The van der Waals surface area contributed by atoms with Crippen LogP contribution in [-0.4, -0.2) is 13.1 Å². The molecule has 2 heteroatoms. The number of esters is 1. The summed E-state index contributed by atoms with van der Waals surface area (Å²) >= 11 is 0. The fourth-order valence-corrected chi connectivity index (χ4v) is 0.186. The third-order valence-electron chi connectivity index (χ3n) is 0.501. The van der Waals surface area contributed by atoms with Crippen LogP contribution in [0.15, 0.2) is 0 Å². The van der Waals surface area contributed by atoms with Crippen molar-refractivity contribution in [3.8, 4) is 11.8 Å². The summed E-state index contributed by atoms with van der Waals surface area (Å²) in [4.78, 5) is 10.1. The first-order valence-electron chi connectivity index (χ1n) is 2.17. The van der Waals surface area contributed by atoms with Crippen LogP contribution < -0.4 is 0 Å². The van der Waals surface area contributed by atoms with E-state index in [0.717, 1.165) is 0 Å². The van der Waals surface area contributed by atoms with Crippen molar-refractivity contribution in [1.82, 2.24) is 0 Å². The van der Waals surface area contributed by atoms with E-state index >= 15 is 0 Å². The summed E-state index contributed by atoms with van der Waals surface area (Å²) in [5.74, 6) is 4.17. The van der Waals surface area contributed by atoms with Gasteiger partial charge in [-0.3, -0.25) is 0 Å². The molecule has 0 saturated carbocycles. The molecule has 0 spiro atoms. The highest BCUT2D eigenvalue weighted by Crippen LogP contribution is 1.69. The molecule has 0 N–H and O–H groups in total. The van der Waals surface area contributed by atoms with Gasteiger partial charge in [-0.25, -0.2) is 4.79 Å². The van der Waals surface area contributed by atoms with E-state index in [1.165, 1.54) is 7.11 Å². The second-order valence-corrected chi connectivity index (χ2v) is 1.04. The number of rotatable bonds is 0. The summed E-state index contributed by atoms with van der Waals surface area (Å²) in [6.45, 7) is 3.41. The molecule has 0 amide bonds. The van der Waals surface area contributed by atoms with E-state index in [9.17, 15) is 4.79 Å². The van der Waals surface area contributed by atoms with Gasteiger partial charge in [-0.15, -0.1) is 0 Å². The first-order chi connectivity index (χ1) is 3.81. The maximum absolute atomic E-state index is 10.1. The number of methoxy groups -OCH3 is 1. The molecule has 0 aliphatic heterocycles. The monoisotopic (exact) mass is 111 g/mol. The molecule has 0 aliphatic carbocycles. The minimum Gasteiger partial charge on any atom is -0.459 e. The van der Waals surface area contributed by atoms with Gasteiger partial charge < -0.3 is 4.74 Å². The second-order valence-electron chi connectivity index (χ2n) is 1.04. The molecule has 0 atom stereocenters. The Morgan fingerprint density at radius 3 is 2.88 bits per heavy atom. The predicted octanol–water partition coefficient (Wildman–Crippen LogP) is 0.387. The largest absolute Gasteiger partial charge is 0.459 e. The highest BCUT2D eigenvalue weighted by atomic mass is 16.5. The molecule has 0 saturated heterocycles. The molecule has 0 unspecified atom stereocenters. The molecule has 1 radical (unpaired) electrons. The Morgan fingerprint density at radius 1 is 1.88 bits per heavy atom. The zero-order valence-corrected chi connectivity index (χ0v) is 4.73. The Balaban J connectivity index is 3.52. The lowest BCUT2D eigenvalue weighted by Crippen LogP contribution is -1.93. The van der Waals surface area contributed by atoms with E-state index in [2.05, 4.69) is 23.5 Å². The van der Waals surface area contributed by atoms with Crippen LogP contribution in [0, 0.1) is 18.8 Å². The molecule has 0 heterocycles. The average Bonchev–Trinajstić information content (AvgIpc) is 1.83. The fraction of sp³-hybridized carbons (Fsp3) is 0.333. The van der Waals surface area contributed by atoms with Crippen LogP contribution in [0.4, 0.5) is 0 Å². The quantitative estimate of drug-likeness (QED) is 0.257. The SMILES string of the molecule is [CH2]CC#CC(=O)OC. The molecule has 0 aromatic heterocycles. The van der Waals surface area contributed by atoms with Crippen LogP contribution >= 0.6 is 0 Å². The zero-order valence-electron chi connectivity index (χ0n) is 4.73. The Bertz CT molecular complexity index is 127. The maximum atomic E-state index is 10.1. The topological polar surface area (TPSA) is 26.3 Å². The number of carbonyl (C=O) groups is 1. The molecule has 0 fully saturated rings. The third-order valence-corrected chi connectivity index (χ3v) is 0.501. The van der Waals surface area contributed by atoms with Gasteiger partial charge in [0.2, 0.25) is 0 Å². The van der Waals surface area contributed by atoms with Gasteiger partial charge in [0.05, 0.1) is 7.11 Å². The lowest BCUT2D eigenvalue weighted by Gasteiger charge is -1.82. The molecule has 0 aliphatic rings. The van der Waals surface area contributed by atoms with Crippen LogP contribution in [0.3, 0.4) is 0 Å². The molecule has 0 bridgehead atoms. The maximum Gasteiger partial charge on any atom is 0.384 e. The minimum absolute atomic E-state index is 0.440. The zero-order chi connectivity index (χ0) is 6.41. The third kappa shape index (κ3) is 3.23. The summed E-state index contributed by atoms with van der Waals surface area (Å²) in [7, 11) is 1.29. The summed E-state index contributed by atoms with van der Waals surface area (Å²) in [6.07, 6.45) is 0.440. The Morgan fingerprint density at radius 2 is 2.50 bits per heavy atom. The van der Waals surface area contributed by atoms with Gasteiger partial charge in [0.25, 0.3) is 0 Å². The Labute approximate surface area is 48.8 Å². The number of carbonyl (C=O) groups excluding carboxylic acids is 1. The van der Waals surface area contributed by atoms with Crippen LogP contribution in [0.2, 0.25) is 0 Å². The summed E-state index contributed by atoms with van der Waals surface area (Å²) in [5.41, 5.74) is 0. The van der Waals surface area contributed by atoms with E-state index < -0.39 is 5.97 Å². The van der Waals surface area contributed by atoms with Crippen molar-refractivity contribution in [3.05, 3.63) is 6.92 Å². The summed E-state index contributed by atoms with van der Waals surface area (Å²) in [6, 6.07) is 0. The van der Waals surface area contributed by atoms with Gasteiger partial charge in [-0.2, -0.15) is 0 Å². The van der Waals surface area contributed by atoms with Crippen LogP contribution in [0.5, 0.6) is 0 Å². The van der Waals surface area contributed by atoms with E-state index in [-0.39, 0.29) is 0 Å². The fourth-order valence-electron chi connectivity index (χ4n) is 0.186. The molecule has 0 rings (SSSR count). The van der Waals surface area contributed by atoms with Gasteiger partial charge in [-0.05, 0) is 6.92 Å². The highest BCUT2D eigenvalue weighted by Gasteiger charge is 1.85. The summed E-state index contributed by atoms with van der Waals surface area (Å²) in [5, 5.41) is 0. The van der Waals surface area contributed by atoms with Gasteiger partial charge in [0.1, 0.15) is 0 Å². The van der Waals surface area contributed by atoms with Crippen molar-refractivity contribution in [1.29, 1.82) is 0 Å². The van der Waals surface area contributed by atoms with Crippen LogP contribution in [0.1, 0.15) is 6.42 Å². The van der Waals surface area contributed by atoms with E-state index in [1.54, 1.807) is 0 Å². The lowest BCUT2D eigenvalue weighted by molar-refractivity contribution is -0.133. The number of hydrogen-bond donors (Lipinski definition) is 0. The molecule has 2 nitrogen and oxygen atoms in total. The Hall–Kier alpha value is -0.970. The summed E-state index contributed by atoms with van der Waals surface area (Å²) < 4.78 is 4.21. The first-order valence-corrected chi connectivity index (χ1v) is 2.17. The van der Waals surface area contributed by atoms with Crippen molar-refractivity contribution < 1.29 is 9.53 Å². The predicted molar refractivity (Wildman–Crippen MR) is 29.8 cm³/mol. The normalized spacial score (nSPS) is 6.75. The highest BCUT2D eigenvalue weighted by molar-refractivity contribution is 5.88. The van der Waals surface area contributed by atoms with Crippen molar-refractivity contribution in [3.63, 3.8) is 0 Å². The number of hydrogen-bond acceptors (Lipinski definition) is 2. The smallest absolute Gasteiger partial charge is 0.384 e. The molecule has 8 heavy (non-hydrogen) atoms. The molecular weight excluding hydrogens is 104 g/mol. The van der Waals surface area contributed by atoms with Gasteiger partial charge >= 0.3 is 5.97 Å². The van der Waals surface area contributed by atoms with Crippen molar-refractivity contribution in [2.24, 2.45) is 0 Å². The van der Waals surface area contributed by atoms with Gasteiger partial charge in [0, 0.05) is 12.3 Å². The number of ether oxygens (including phenoxy) is 1. The van der Waals surface area contributed by atoms with Crippen LogP contribution in [0.25, 0.3) is 0 Å². The van der Waals surface area contributed by atoms with Crippen molar-refractivity contribution in [2.45, 2.75) is 6.42 Å².